The highest BCUT2D eigenvalue weighted by molar-refractivity contribution is 14.1. The highest BCUT2D eigenvalue weighted by Crippen LogP contribution is 2.28. The van der Waals surface area contributed by atoms with E-state index in [1.165, 1.54) is 6.92 Å². The number of alkyl halides is 1. The van der Waals surface area contributed by atoms with Gasteiger partial charge in [-0.05, 0) is 0 Å². The fourth-order valence-electron chi connectivity index (χ4n) is 2.00. The molecular formula is C12H17IO8. The van der Waals surface area contributed by atoms with Crippen LogP contribution in [0.25, 0.3) is 0 Å². The van der Waals surface area contributed by atoms with Gasteiger partial charge in [-0.3, -0.25) is 14.4 Å². The van der Waals surface area contributed by atoms with E-state index in [9.17, 15) is 19.5 Å². The summed E-state index contributed by atoms with van der Waals surface area (Å²) in [5, 5.41) is 9.92. The van der Waals surface area contributed by atoms with Crippen molar-refractivity contribution in [3.05, 3.63) is 0 Å². The van der Waals surface area contributed by atoms with Crippen LogP contribution in [-0.2, 0) is 33.3 Å². The predicted octanol–water partition coefficient (Wildman–Crippen LogP) is -0.0663. The molecule has 1 N–H and O–H groups in total. The number of hydrogen-bond donors (Lipinski definition) is 1. The highest BCUT2D eigenvalue weighted by atomic mass is 127. The first-order chi connectivity index (χ1) is 9.76. The molecule has 0 aromatic carbocycles. The van der Waals surface area contributed by atoms with Gasteiger partial charge in [0.05, 0.1) is 0 Å². The second-order valence-electron chi connectivity index (χ2n) is 4.44. The van der Waals surface area contributed by atoms with E-state index >= 15 is 0 Å². The average molecular weight is 416 g/mol. The topological polar surface area (TPSA) is 108 Å². The van der Waals surface area contributed by atoms with Crippen molar-refractivity contribution < 1.29 is 38.4 Å². The molecule has 0 radical (unpaired) electrons. The number of carbonyl (C=O) groups excluding carboxylic acids is 3. The first-order valence-corrected chi connectivity index (χ1v) is 7.70. The highest BCUT2D eigenvalue weighted by Gasteiger charge is 2.50. The van der Waals surface area contributed by atoms with E-state index < -0.39 is 48.6 Å². The number of rotatable bonds is 4. The van der Waals surface area contributed by atoms with Gasteiger partial charge in [0.15, 0.2) is 24.6 Å². The Morgan fingerprint density at radius 3 is 1.81 bits per heavy atom. The molecule has 0 amide bonds. The minimum absolute atomic E-state index is 0.372. The summed E-state index contributed by atoms with van der Waals surface area (Å²) < 4.78 is 20.8. The Morgan fingerprint density at radius 2 is 1.38 bits per heavy atom. The molecule has 0 aliphatic carbocycles. The van der Waals surface area contributed by atoms with Gasteiger partial charge < -0.3 is 24.1 Å². The molecule has 0 aromatic rings. The Bertz CT molecular complexity index is 412. The largest absolute Gasteiger partial charge is 0.456 e. The first kappa shape index (κ1) is 18.1. The van der Waals surface area contributed by atoms with Crippen LogP contribution < -0.4 is 0 Å². The summed E-state index contributed by atoms with van der Waals surface area (Å²) in [7, 11) is 0. The fraction of sp³-hybridized carbons (Fsp3) is 0.750. The zero-order chi connectivity index (χ0) is 16.2. The Balaban J connectivity index is 3.08. The number of aliphatic hydroxyl groups excluding tert-OH is 1. The number of hydrogen-bond acceptors (Lipinski definition) is 8. The molecule has 0 aromatic heterocycles. The van der Waals surface area contributed by atoms with Gasteiger partial charge in [-0.2, -0.15) is 0 Å². The first-order valence-electron chi connectivity index (χ1n) is 6.17. The van der Waals surface area contributed by atoms with Crippen LogP contribution in [0.1, 0.15) is 20.8 Å². The number of aliphatic hydroxyl groups is 1. The Kier molecular flexibility index (Phi) is 6.81. The fourth-order valence-corrected chi connectivity index (χ4v) is 2.70. The van der Waals surface area contributed by atoms with Crippen molar-refractivity contribution >= 4 is 40.5 Å². The number of carbonyl (C=O) groups is 3. The minimum atomic E-state index is -1.48. The maximum atomic E-state index is 11.2. The summed E-state index contributed by atoms with van der Waals surface area (Å²) in [5.74, 6) is -1.95. The molecule has 1 saturated heterocycles. The van der Waals surface area contributed by atoms with E-state index in [1.807, 2.05) is 22.6 Å². The molecular weight excluding hydrogens is 399 g/mol. The van der Waals surface area contributed by atoms with Gasteiger partial charge in [-0.25, -0.2) is 0 Å². The molecule has 1 aliphatic rings. The molecule has 5 atom stereocenters. The van der Waals surface area contributed by atoms with Crippen LogP contribution in [-0.4, -0.2) is 58.1 Å². The lowest BCUT2D eigenvalue weighted by atomic mass is 9.99. The molecule has 1 rings (SSSR count). The Labute approximate surface area is 135 Å². The summed E-state index contributed by atoms with van der Waals surface area (Å²) in [6.07, 6.45) is -5.56. The van der Waals surface area contributed by atoms with Gasteiger partial charge in [0.2, 0.25) is 0 Å². The molecule has 1 fully saturated rings. The average Bonchev–Trinajstić information content (AvgIpc) is 2.35. The predicted molar refractivity (Wildman–Crippen MR) is 76.4 cm³/mol. The van der Waals surface area contributed by atoms with Crippen LogP contribution in [0.3, 0.4) is 0 Å². The van der Waals surface area contributed by atoms with E-state index in [4.69, 9.17) is 18.9 Å². The van der Waals surface area contributed by atoms with Crippen LogP contribution in [0.5, 0.6) is 0 Å². The van der Waals surface area contributed by atoms with Crippen molar-refractivity contribution in [2.24, 2.45) is 0 Å². The quantitative estimate of drug-likeness (QED) is 0.294. The normalized spacial score (nSPS) is 32.1. The van der Waals surface area contributed by atoms with Gasteiger partial charge in [0.1, 0.15) is 6.10 Å². The summed E-state index contributed by atoms with van der Waals surface area (Å²) in [4.78, 5) is 33.6. The maximum absolute atomic E-state index is 11.2. The molecule has 1 heterocycles. The van der Waals surface area contributed by atoms with Crippen molar-refractivity contribution in [2.45, 2.75) is 51.5 Å². The lowest BCUT2D eigenvalue weighted by Gasteiger charge is -2.42. The molecule has 0 spiro atoms. The molecule has 1 aliphatic heterocycles. The van der Waals surface area contributed by atoms with E-state index in [2.05, 4.69) is 0 Å². The third kappa shape index (κ3) is 5.08. The zero-order valence-electron chi connectivity index (χ0n) is 11.8. The van der Waals surface area contributed by atoms with Crippen molar-refractivity contribution in [3.8, 4) is 0 Å². The molecule has 0 saturated carbocycles. The maximum Gasteiger partial charge on any atom is 0.303 e. The van der Waals surface area contributed by atoms with Crippen molar-refractivity contribution in [1.29, 1.82) is 0 Å². The standard InChI is InChI=1S/C12H17IO8/c1-5(14)18-9-8(4-13)21-12(17)11(20-7(3)16)10(9)19-6(2)15/h8-12,17H,4H2,1-3H3/t8-,9+,10+,11+,12+/m0/s1. The molecule has 21 heavy (non-hydrogen) atoms. The third-order valence-corrected chi connectivity index (χ3v) is 3.54. The zero-order valence-corrected chi connectivity index (χ0v) is 13.9. The summed E-state index contributed by atoms with van der Waals surface area (Å²) in [6, 6.07) is 0. The second-order valence-corrected chi connectivity index (χ2v) is 5.32. The van der Waals surface area contributed by atoms with Gasteiger partial charge in [-0.1, -0.05) is 22.6 Å². The van der Waals surface area contributed by atoms with E-state index in [0.717, 1.165) is 13.8 Å². The van der Waals surface area contributed by atoms with Gasteiger partial charge in [-0.15, -0.1) is 0 Å². The van der Waals surface area contributed by atoms with Crippen LogP contribution in [0.2, 0.25) is 0 Å². The molecule has 0 bridgehead atoms. The number of esters is 3. The monoisotopic (exact) mass is 416 g/mol. The van der Waals surface area contributed by atoms with Gasteiger partial charge >= 0.3 is 17.9 Å². The van der Waals surface area contributed by atoms with Gasteiger partial charge in [0.25, 0.3) is 0 Å². The van der Waals surface area contributed by atoms with E-state index in [0.29, 0.717) is 4.43 Å². The Morgan fingerprint density at radius 1 is 0.952 bits per heavy atom. The Hall–Kier alpha value is -0.940. The summed E-state index contributed by atoms with van der Waals surface area (Å²) in [5.41, 5.74) is 0. The lowest BCUT2D eigenvalue weighted by molar-refractivity contribution is -0.286. The van der Waals surface area contributed by atoms with Crippen molar-refractivity contribution in [1.82, 2.24) is 0 Å². The molecule has 8 nitrogen and oxygen atoms in total. The molecule has 120 valence electrons. The SMILES string of the molecule is CC(=O)O[C@H]1[C@@H](OC(C)=O)[C@H](O)O[C@@H](CI)[C@H]1OC(C)=O. The number of halogens is 1. The summed E-state index contributed by atoms with van der Waals surface area (Å²) in [6.45, 7) is 3.50. The third-order valence-electron chi connectivity index (χ3n) is 2.67. The molecule has 0 unspecified atom stereocenters. The van der Waals surface area contributed by atoms with Crippen LogP contribution >= 0.6 is 22.6 Å². The van der Waals surface area contributed by atoms with Crippen molar-refractivity contribution in [2.75, 3.05) is 4.43 Å². The van der Waals surface area contributed by atoms with Crippen LogP contribution in [0.15, 0.2) is 0 Å². The van der Waals surface area contributed by atoms with Crippen LogP contribution in [0.4, 0.5) is 0 Å². The number of ether oxygens (including phenoxy) is 4. The van der Waals surface area contributed by atoms with E-state index in [1.54, 1.807) is 0 Å². The summed E-state index contributed by atoms with van der Waals surface area (Å²) >= 11 is 1.98. The molecule has 9 heteroatoms. The van der Waals surface area contributed by atoms with Gasteiger partial charge in [0, 0.05) is 25.2 Å². The second kappa shape index (κ2) is 7.90. The van der Waals surface area contributed by atoms with Crippen LogP contribution in [0, 0.1) is 0 Å². The minimum Gasteiger partial charge on any atom is -0.456 e. The van der Waals surface area contributed by atoms with E-state index in [-0.39, 0.29) is 0 Å². The van der Waals surface area contributed by atoms with Crippen molar-refractivity contribution in [3.63, 3.8) is 0 Å². The lowest BCUT2D eigenvalue weighted by Crippen LogP contribution is -2.61. The smallest absolute Gasteiger partial charge is 0.303 e.